The molecule has 7 rings (SSSR count). The molecule has 0 aromatic heterocycles. The van der Waals surface area contributed by atoms with Gasteiger partial charge in [-0.3, -0.25) is 0 Å². The van der Waals surface area contributed by atoms with Crippen molar-refractivity contribution < 1.29 is 17.2 Å². The average Bonchev–Trinajstić information content (AvgIpc) is 3.19. The van der Waals surface area contributed by atoms with E-state index in [9.17, 15) is 0 Å². The summed E-state index contributed by atoms with van der Waals surface area (Å²) in [6.07, 6.45) is 6.40. The van der Waals surface area contributed by atoms with Crippen molar-refractivity contribution in [3.05, 3.63) is 200 Å². The summed E-state index contributed by atoms with van der Waals surface area (Å²) in [7, 11) is -0.892. The summed E-state index contributed by atoms with van der Waals surface area (Å²) in [6, 6.07) is 64.7. The maximum atomic E-state index is 5.22. The van der Waals surface area contributed by atoms with E-state index in [1.807, 2.05) is 0 Å². The Bertz CT molecular complexity index is 1430. The predicted molar refractivity (Wildman–Crippen MR) is 214 cm³/mol. The summed E-state index contributed by atoms with van der Waals surface area (Å²) in [5.41, 5.74) is 4.05. The van der Waals surface area contributed by atoms with Gasteiger partial charge < -0.3 is 5.73 Å². The Kier molecular flexibility index (Phi) is 17.6. The van der Waals surface area contributed by atoms with Gasteiger partial charge in [0.25, 0.3) is 0 Å². The molecule has 1 aliphatic carbocycles. The molecule has 0 bridgehead atoms. The molecule has 1 fully saturated rings. The monoisotopic (exact) mass is 816 g/mol. The Morgan fingerprint density at radius 2 is 0.583 bits per heavy atom. The van der Waals surface area contributed by atoms with Crippen molar-refractivity contribution >= 4 is 61.1 Å². The number of halogens is 1. The van der Waals surface area contributed by atoms with Crippen molar-refractivity contribution in [1.29, 1.82) is 0 Å². The van der Waals surface area contributed by atoms with Crippen LogP contribution in [0.3, 0.4) is 0 Å². The van der Waals surface area contributed by atoms with Gasteiger partial charge in [-0.25, -0.2) is 6.58 Å². The van der Waals surface area contributed by atoms with Gasteiger partial charge in [0.1, 0.15) is 0 Å². The number of hydrogen-bond acceptors (Lipinski definition) is 0. The van der Waals surface area contributed by atoms with E-state index in [1.54, 1.807) is 0 Å². The molecule has 48 heavy (non-hydrogen) atoms. The van der Waals surface area contributed by atoms with E-state index in [0.29, 0.717) is 0 Å². The molecular formula is C44H41BrP2Pd. The van der Waals surface area contributed by atoms with Gasteiger partial charge in [0, 0.05) is 0 Å². The van der Waals surface area contributed by atoms with Crippen LogP contribution >= 0.6 is 29.3 Å². The molecule has 0 saturated heterocycles. The van der Waals surface area contributed by atoms with Crippen LogP contribution in [0.5, 0.6) is 0 Å². The largest absolute Gasteiger partial charge is 0.336 e. The van der Waals surface area contributed by atoms with Crippen LogP contribution < -0.4 is 31.8 Å². The second kappa shape index (κ2) is 22.5. The summed E-state index contributed by atoms with van der Waals surface area (Å²) in [6.45, 7) is 5.22. The van der Waals surface area contributed by atoms with Crippen molar-refractivity contribution in [3.8, 4) is 0 Å². The van der Waals surface area contributed by atoms with Gasteiger partial charge >= 0.3 is 30.6 Å². The van der Waals surface area contributed by atoms with E-state index in [0.717, 1.165) is 0 Å². The van der Waals surface area contributed by atoms with Crippen LogP contribution in [0, 0.1) is 6.58 Å². The quantitative estimate of drug-likeness (QED) is 0.0680. The first-order valence-electron chi connectivity index (χ1n) is 16.2. The van der Waals surface area contributed by atoms with Gasteiger partial charge in [0.15, 0.2) is 0 Å². The fraction of sp³-hybridized carbons (Fsp3) is 0.114. The topological polar surface area (TPSA) is 0 Å². The van der Waals surface area contributed by atoms with Crippen LogP contribution in [0.2, 0.25) is 0 Å². The van der Waals surface area contributed by atoms with Gasteiger partial charge in [0.2, 0.25) is 0 Å². The normalized spacial score (nSPS) is 11.9. The van der Waals surface area contributed by atoms with Gasteiger partial charge in [-0.2, -0.15) is 5.57 Å². The van der Waals surface area contributed by atoms with E-state index in [4.69, 9.17) is 6.58 Å². The SMILES string of the molecule is [Br][Pd+].[CH-]=C=C1CCCCC1.c1ccc(P(c2ccccc2)c2ccccc2)cc1.c1ccc(P(c2ccccc2)c2ccccc2)cc1. The van der Waals surface area contributed by atoms with Crippen LogP contribution in [0.15, 0.2) is 193 Å². The van der Waals surface area contributed by atoms with Crippen molar-refractivity contribution in [2.75, 3.05) is 0 Å². The van der Waals surface area contributed by atoms with Crippen LogP contribution in [0.25, 0.3) is 0 Å². The minimum absolute atomic E-state index is 0.446. The van der Waals surface area contributed by atoms with E-state index >= 15 is 0 Å². The minimum Gasteiger partial charge on any atom is -0.336 e. The van der Waals surface area contributed by atoms with Crippen molar-refractivity contribution in [3.63, 3.8) is 0 Å². The molecule has 244 valence electrons. The number of allylic oxidation sites excluding steroid dienone is 1. The van der Waals surface area contributed by atoms with Crippen LogP contribution in [-0.4, -0.2) is 0 Å². The summed E-state index contributed by atoms with van der Waals surface area (Å²) < 4.78 is 0. The Morgan fingerprint density at radius 1 is 0.375 bits per heavy atom. The van der Waals surface area contributed by atoms with E-state index in [-0.39, 0.29) is 0 Å². The molecule has 0 unspecified atom stereocenters. The number of benzene rings is 6. The third-order valence-electron chi connectivity index (χ3n) is 7.75. The Morgan fingerprint density at radius 3 is 0.750 bits per heavy atom. The molecule has 0 radical (unpaired) electrons. The van der Waals surface area contributed by atoms with Crippen molar-refractivity contribution in [1.82, 2.24) is 0 Å². The standard InChI is InChI=1S/2C18H15P.C8H11.BrH.Pd/c2*1-4-10-16(11-5-1)19(17-12-6-2-7-13-17)18-14-8-3-9-15-18;1-2-8-6-4-3-5-7-8;;/h2*1-15H;1H,3-7H2;1H;/q;;-1;;+2/p-1. The maximum absolute atomic E-state index is 5.22. The third-order valence-corrected chi connectivity index (χ3v) is 12.6. The molecule has 0 nitrogen and oxygen atoms in total. The zero-order valence-electron chi connectivity index (χ0n) is 27.0. The zero-order valence-corrected chi connectivity index (χ0v) is 32.0. The van der Waals surface area contributed by atoms with Gasteiger partial charge in [-0.1, -0.05) is 214 Å². The Hall–Kier alpha value is -3.16. The van der Waals surface area contributed by atoms with Crippen LogP contribution in [0.1, 0.15) is 32.1 Å². The van der Waals surface area contributed by atoms with Crippen LogP contribution in [-0.2, 0) is 17.2 Å². The van der Waals surface area contributed by atoms with Gasteiger partial charge in [-0.15, -0.1) is 0 Å². The minimum atomic E-state index is -0.446. The average molecular weight is 818 g/mol. The van der Waals surface area contributed by atoms with E-state index in [2.05, 4.69) is 218 Å². The molecule has 0 spiro atoms. The third kappa shape index (κ3) is 12.1. The Balaban J connectivity index is 0.000000170. The maximum Gasteiger partial charge on any atom is -0.0134 e. The van der Waals surface area contributed by atoms with Crippen molar-refractivity contribution in [2.45, 2.75) is 32.1 Å². The first-order chi connectivity index (χ1) is 23.8. The molecule has 4 heteroatoms. The molecule has 1 saturated carbocycles. The molecule has 6 aromatic carbocycles. The summed E-state index contributed by atoms with van der Waals surface area (Å²) in [5.74, 6) is 0. The second-order valence-electron chi connectivity index (χ2n) is 11.0. The summed E-state index contributed by atoms with van der Waals surface area (Å²) in [4.78, 5) is 0. The molecule has 6 aromatic rings. The fourth-order valence-corrected chi connectivity index (χ4v) is 10.1. The summed E-state index contributed by atoms with van der Waals surface area (Å²) >= 11 is 5.35. The second-order valence-corrected chi connectivity index (χ2v) is 15.4. The van der Waals surface area contributed by atoms with Gasteiger partial charge in [0.05, 0.1) is 0 Å². The first-order valence-corrected chi connectivity index (χ1v) is 22.4. The smallest absolute Gasteiger partial charge is 0.0134 e. The molecule has 0 N–H and O–H groups in total. The first kappa shape index (κ1) is 37.7. The van der Waals surface area contributed by atoms with E-state index < -0.39 is 15.8 Å². The molecule has 0 aliphatic heterocycles. The molecular weight excluding hydrogens is 777 g/mol. The summed E-state index contributed by atoms with van der Waals surface area (Å²) in [5, 5.41) is 8.39. The van der Waals surface area contributed by atoms with Gasteiger partial charge in [-0.05, 0) is 47.7 Å². The van der Waals surface area contributed by atoms with Crippen molar-refractivity contribution in [2.24, 2.45) is 0 Å². The fourth-order valence-electron chi connectivity index (χ4n) is 5.48. The van der Waals surface area contributed by atoms with E-state index in [1.165, 1.54) is 69.5 Å². The van der Waals surface area contributed by atoms with Crippen LogP contribution in [0.4, 0.5) is 0 Å². The number of hydrogen-bond donors (Lipinski definition) is 0. The number of rotatable bonds is 6. The molecule has 0 atom stereocenters. The molecule has 0 heterocycles. The zero-order chi connectivity index (χ0) is 33.7. The molecule has 0 amide bonds. The Labute approximate surface area is 308 Å². The predicted octanol–water partition coefficient (Wildman–Crippen LogP) is 10.2. The molecule has 1 aliphatic rings.